The van der Waals surface area contributed by atoms with E-state index in [9.17, 15) is 15.3 Å². The second kappa shape index (κ2) is 9.34. The largest absolute Gasteiger partial charge is 0.497 e. The Balaban J connectivity index is 2.22. The second-order valence-electron chi connectivity index (χ2n) is 6.53. The van der Waals surface area contributed by atoms with Crippen molar-refractivity contribution < 1.29 is 19.6 Å². The first-order valence-electron chi connectivity index (χ1n) is 8.75. The number of hydroxylamine groups is 2. The van der Waals surface area contributed by atoms with Crippen LogP contribution in [0.5, 0.6) is 11.5 Å². The van der Waals surface area contributed by atoms with E-state index in [1.807, 2.05) is 31.2 Å². The van der Waals surface area contributed by atoms with E-state index in [0.717, 1.165) is 16.4 Å². The molecule has 0 bridgehead atoms. The monoisotopic (exact) mass is 374 g/mol. The Kier molecular flexibility index (Phi) is 7.15. The van der Waals surface area contributed by atoms with E-state index in [1.54, 1.807) is 38.5 Å². The van der Waals surface area contributed by atoms with Crippen LogP contribution in [0.2, 0.25) is 0 Å². The average molecular weight is 374 g/mol. The molecule has 0 aliphatic heterocycles. The molecule has 0 spiro atoms. The first-order valence-corrected chi connectivity index (χ1v) is 8.75. The van der Waals surface area contributed by atoms with Crippen molar-refractivity contribution in [3.63, 3.8) is 0 Å². The molecule has 1 N–H and O–H groups in total. The van der Waals surface area contributed by atoms with E-state index < -0.39 is 12.1 Å². The van der Waals surface area contributed by atoms with Gasteiger partial charge in [0.05, 0.1) is 14.2 Å². The molecule has 0 aliphatic rings. The van der Waals surface area contributed by atoms with Crippen molar-refractivity contribution in [2.24, 2.45) is 0 Å². The Bertz CT molecular complexity index is 733. The standard InChI is InChI=1S/C20H26N2O5/c1-14(13-16-5-9-18(26-3)10-6-16)21(23)20(15(2)22(24)25)17-7-11-19(27-4)12-8-17/h5-12,14-15,20,23H,13H2,1-4H3. The van der Waals surface area contributed by atoms with Crippen molar-refractivity contribution in [3.05, 3.63) is 69.8 Å². The molecule has 0 saturated heterocycles. The summed E-state index contributed by atoms with van der Waals surface area (Å²) in [6, 6.07) is 12.4. The van der Waals surface area contributed by atoms with E-state index in [0.29, 0.717) is 17.7 Å². The highest BCUT2D eigenvalue weighted by Gasteiger charge is 2.35. The summed E-state index contributed by atoms with van der Waals surface area (Å²) in [6.07, 6.45) is 0.539. The molecule has 3 unspecified atom stereocenters. The average Bonchev–Trinajstić information content (AvgIpc) is 2.68. The van der Waals surface area contributed by atoms with E-state index in [1.165, 1.54) is 6.92 Å². The Labute approximate surface area is 159 Å². The summed E-state index contributed by atoms with van der Waals surface area (Å²) < 4.78 is 10.3. The van der Waals surface area contributed by atoms with Gasteiger partial charge in [0, 0.05) is 17.9 Å². The van der Waals surface area contributed by atoms with Crippen LogP contribution >= 0.6 is 0 Å². The van der Waals surface area contributed by atoms with Crippen LogP contribution in [0, 0.1) is 10.1 Å². The Morgan fingerprint density at radius 2 is 1.48 bits per heavy atom. The molecule has 0 heterocycles. The van der Waals surface area contributed by atoms with Gasteiger partial charge in [-0.05, 0) is 48.7 Å². The number of ether oxygens (including phenoxy) is 2. The van der Waals surface area contributed by atoms with Gasteiger partial charge in [-0.3, -0.25) is 10.1 Å². The fraction of sp³-hybridized carbons (Fsp3) is 0.400. The lowest BCUT2D eigenvalue weighted by Gasteiger charge is -2.32. The number of benzene rings is 2. The molecule has 0 fully saturated rings. The maximum atomic E-state index is 11.4. The number of methoxy groups -OCH3 is 2. The van der Waals surface area contributed by atoms with E-state index in [-0.39, 0.29) is 11.0 Å². The summed E-state index contributed by atoms with van der Waals surface area (Å²) in [4.78, 5) is 11.0. The third-order valence-corrected chi connectivity index (χ3v) is 4.67. The van der Waals surface area contributed by atoms with Crippen molar-refractivity contribution in [1.82, 2.24) is 5.06 Å². The highest BCUT2D eigenvalue weighted by Crippen LogP contribution is 2.29. The number of nitro groups is 1. The molecule has 2 aromatic rings. The van der Waals surface area contributed by atoms with Gasteiger partial charge < -0.3 is 14.7 Å². The van der Waals surface area contributed by atoms with Gasteiger partial charge in [-0.1, -0.05) is 24.3 Å². The zero-order valence-corrected chi connectivity index (χ0v) is 16.0. The molecule has 0 saturated carbocycles. The fourth-order valence-corrected chi connectivity index (χ4v) is 3.04. The normalized spacial score (nSPS) is 14.4. The van der Waals surface area contributed by atoms with Crippen LogP contribution in [-0.2, 0) is 6.42 Å². The Morgan fingerprint density at radius 1 is 1.00 bits per heavy atom. The van der Waals surface area contributed by atoms with Gasteiger partial charge in [0.15, 0.2) is 0 Å². The lowest BCUT2D eigenvalue weighted by molar-refractivity contribution is -0.533. The van der Waals surface area contributed by atoms with Crippen LogP contribution in [0.3, 0.4) is 0 Å². The second-order valence-corrected chi connectivity index (χ2v) is 6.53. The van der Waals surface area contributed by atoms with Gasteiger partial charge in [-0.25, -0.2) is 0 Å². The molecule has 2 rings (SSSR count). The Morgan fingerprint density at radius 3 is 1.93 bits per heavy atom. The van der Waals surface area contributed by atoms with Gasteiger partial charge in [0.2, 0.25) is 6.04 Å². The Hall–Kier alpha value is -2.64. The fourth-order valence-electron chi connectivity index (χ4n) is 3.04. The molecular weight excluding hydrogens is 348 g/mol. The summed E-state index contributed by atoms with van der Waals surface area (Å²) in [7, 11) is 3.16. The lowest BCUT2D eigenvalue weighted by atomic mass is 9.97. The van der Waals surface area contributed by atoms with Gasteiger partial charge in [0.25, 0.3) is 0 Å². The van der Waals surface area contributed by atoms with E-state index in [4.69, 9.17) is 9.47 Å². The third-order valence-electron chi connectivity index (χ3n) is 4.67. The minimum Gasteiger partial charge on any atom is -0.497 e. The highest BCUT2D eigenvalue weighted by molar-refractivity contribution is 5.30. The molecule has 0 aromatic heterocycles. The molecule has 27 heavy (non-hydrogen) atoms. The van der Waals surface area contributed by atoms with E-state index >= 15 is 0 Å². The first-order chi connectivity index (χ1) is 12.9. The van der Waals surface area contributed by atoms with Crippen molar-refractivity contribution in [2.75, 3.05) is 14.2 Å². The van der Waals surface area contributed by atoms with Crippen LogP contribution in [0.15, 0.2) is 48.5 Å². The van der Waals surface area contributed by atoms with Crippen molar-refractivity contribution in [3.8, 4) is 11.5 Å². The lowest BCUT2D eigenvalue weighted by Crippen LogP contribution is -2.42. The topological polar surface area (TPSA) is 85.1 Å². The SMILES string of the molecule is COc1ccc(CC(C)N(O)C(c2ccc(OC)cc2)C(C)[N+](=O)[O-])cc1. The maximum Gasteiger partial charge on any atom is 0.232 e. The predicted molar refractivity (Wildman–Crippen MR) is 102 cm³/mol. The molecule has 7 nitrogen and oxygen atoms in total. The van der Waals surface area contributed by atoms with Gasteiger partial charge in [-0.15, -0.1) is 0 Å². The van der Waals surface area contributed by atoms with Crippen molar-refractivity contribution in [1.29, 1.82) is 0 Å². The zero-order valence-electron chi connectivity index (χ0n) is 16.0. The highest BCUT2D eigenvalue weighted by atomic mass is 16.6. The molecule has 0 radical (unpaired) electrons. The van der Waals surface area contributed by atoms with Crippen LogP contribution < -0.4 is 9.47 Å². The molecule has 0 aliphatic carbocycles. The number of hydrogen-bond acceptors (Lipinski definition) is 6. The smallest absolute Gasteiger partial charge is 0.232 e. The van der Waals surface area contributed by atoms with Crippen LogP contribution in [0.25, 0.3) is 0 Å². The summed E-state index contributed by atoms with van der Waals surface area (Å²) in [6.45, 7) is 3.34. The molecule has 0 amide bonds. The molecule has 2 aromatic carbocycles. The first kappa shape index (κ1) is 20.7. The quantitative estimate of drug-likeness (QED) is 0.532. The van der Waals surface area contributed by atoms with Crippen molar-refractivity contribution >= 4 is 0 Å². The van der Waals surface area contributed by atoms with Crippen LogP contribution in [0.1, 0.15) is 31.0 Å². The van der Waals surface area contributed by atoms with Crippen molar-refractivity contribution in [2.45, 2.75) is 38.4 Å². The van der Waals surface area contributed by atoms with Gasteiger partial charge in [0.1, 0.15) is 17.5 Å². The van der Waals surface area contributed by atoms with Gasteiger partial charge in [-0.2, -0.15) is 5.06 Å². The number of rotatable bonds is 9. The zero-order chi connectivity index (χ0) is 20.0. The van der Waals surface area contributed by atoms with Gasteiger partial charge >= 0.3 is 0 Å². The van der Waals surface area contributed by atoms with Crippen LogP contribution in [0.4, 0.5) is 0 Å². The summed E-state index contributed by atoms with van der Waals surface area (Å²) in [5, 5.41) is 23.3. The number of nitrogens with zero attached hydrogens (tertiary/aromatic N) is 2. The predicted octanol–water partition coefficient (Wildman–Crippen LogP) is 3.73. The molecular formula is C20H26N2O5. The number of hydrogen-bond donors (Lipinski definition) is 1. The summed E-state index contributed by atoms with van der Waals surface area (Å²) >= 11 is 0. The van der Waals surface area contributed by atoms with E-state index in [2.05, 4.69) is 0 Å². The molecule has 146 valence electrons. The molecule has 7 heteroatoms. The summed E-state index contributed by atoms with van der Waals surface area (Å²) in [5.74, 6) is 1.41. The third kappa shape index (κ3) is 5.18. The summed E-state index contributed by atoms with van der Waals surface area (Å²) in [5.41, 5.74) is 1.66. The van der Waals surface area contributed by atoms with Crippen LogP contribution in [-0.4, -0.2) is 41.5 Å². The maximum absolute atomic E-state index is 11.4. The minimum atomic E-state index is -0.985. The molecule has 3 atom stereocenters. The minimum absolute atomic E-state index is 0.326.